The Morgan fingerprint density at radius 2 is 1.69 bits per heavy atom. The number of hydrogen-bond donors (Lipinski definition) is 0. The minimum Gasteiger partial charge on any atom is -0.381 e. The van der Waals surface area contributed by atoms with E-state index in [1.54, 1.807) is 6.92 Å². The van der Waals surface area contributed by atoms with Crippen LogP contribution in [0, 0.1) is 5.92 Å². The number of halogens is 3. The molecule has 3 aliphatic heterocycles. The van der Waals surface area contributed by atoms with Gasteiger partial charge in [-0.2, -0.15) is 30.2 Å². The minimum atomic E-state index is -4.54. The standard InChI is InChI=1S/C21H28F3N3O4S/c1-2-26-20(9-11-25(12-10-20)15-16-7-13-31-14-8-16)19(28)27(32(26,29)30)18-5-3-17(4-6-18)21(22,23)24/h3-6,16H,2,7-15H2,1H3. The van der Waals surface area contributed by atoms with E-state index in [-0.39, 0.29) is 12.2 Å². The van der Waals surface area contributed by atoms with Crippen molar-refractivity contribution in [2.24, 2.45) is 5.92 Å². The summed E-state index contributed by atoms with van der Waals surface area (Å²) in [4.78, 5) is 15.8. The molecule has 0 aliphatic carbocycles. The molecular weight excluding hydrogens is 447 g/mol. The molecule has 11 heteroatoms. The molecule has 0 saturated carbocycles. The fourth-order valence-electron chi connectivity index (χ4n) is 5.08. The second kappa shape index (κ2) is 8.58. The average Bonchev–Trinajstić information content (AvgIpc) is 2.91. The molecule has 0 atom stereocenters. The van der Waals surface area contributed by atoms with Crippen LogP contribution in [0.15, 0.2) is 24.3 Å². The molecule has 1 spiro atoms. The lowest BCUT2D eigenvalue weighted by molar-refractivity contribution is -0.137. The molecule has 178 valence electrons. The second-order valence-corrected chi connectivity index (χ2v) is 10.4. The van der Waals surface area contributed by atoms with Gasteiger partial charge < -0.3 is 9.64 Å². The van der Waals surface area contributed by atoms with Crippen LogP contribution in [0.5, 0.6) is 0 Å². The first-order chi connectivity index (χ1) is 15.1. The molecule has 7 nitrogen and oxygen atoms in total. The summed E-state index contributed by atoms with van der Waals surface area (Å²) >= 11 is 0. The van der Waals surface area contributed by atoms with Gasteiger partial charge in [0, 0.05) is 39.4 Å². The van der Waals surface area contributed by atoms with Crippen LogP contribution in [0.3, 0.4) is 0 Å². The topological polar surface area (TPSA) is 70.2 Å². The molecule has 0 bridgehead atoms. The SMILES string of the molecule is CCN1C2(CCN(CC3CCOCC3)CC2)C(=O)N(c2ccc(C(F)(F)F)cc2)S1(=O)=O. The highest BCUT2D eigenvalue weighted by molar-refractivity contribution is 7.92. The number of carbonyl (C=O) groups excluding carboxylic acids is 1. The predicted molar refractivity (Wildman–Crippen MR) is 112 cm³/mol. The third-order valence-corrected chi connectivity index (χ3v) is 8.83. The zero-order valence-corrected chi connectivity index (χ0v) is 18.8. The summed E-state index contributed by atoms with van der Waals surface area (Å²) in [5.74, 6) is -0.0449. The van der Waals surface area contributed by atoms with Gasteiger partial charge in [-0.3, -0.25) is 4.79 Å². The smallest absolute Gasteiger partial charge is 0.381 e. The fraction of sp³-hybridized carbons (Fsp3) is 0.667. The van der Waals surface area contributed by atoms with Crippen molar-refractivity contribution in [3.8, 4) is 0 Å². The maximum absolute atomic E-state index is 13.5. The molecule has 1 aromatic rings. The van der Waals surface area contributed by atoms with Gasteiger partial charge in [0.05, 0.1) is 11.3 Å². The molecule has 1 amide bonds. The molecule has 32 heavy (non-hydrogen) atoms. The quantitative estimate of drug-likeness (QED) is 0.670. The summed E-state index contributed by atoms with van der Waals surface area (Å²) in [5, 5.41) is 0. The molecular formula is C21H28F3N3O4S. The van der Waals surface area contributed by atoms with Gasteiger partial charge in [-0.05, 0) is 55.9 Å². The molecule has 0 aromatic heterocycles. The Morgan fingerprint density at radius 1 is 1.09 bits per heavy atom. The monoisotopic (exact) mass is 475 g/mol. The highest BCUT2D eigenvalue weighted by atomic mass is 32.2. The van der Waals surface area contributed by atoms with E-state index in [2.05, 4.69) is 4.90 Å². The van der Waals surface area contributed by atoms with Gasteiger partial charge in [-0.15, -0.1) is 0 Å². The van der Waals surface area contributed by atoms with Crippen LogP contribution >= 0.6 is 0 Å². The van der Waals surface area contributed by atoms with Crippen molar-refractivity contribution in [2.45, 2.75) is 44.3 Å². The van der Waals surface area contributed by atoms with Gasteiger partial charge in [0.1, 0.15) is 5.54 Å². The molecule has 0 N–H and O–H groups in total. The number of likely N-dealkylation sites (tertiary alicyclic amines) is 1. The zero-order chi connectivity index (χ0) is 23.1. The molecule has 1 aromatic carbocycles. The summed E-state index contributed by atoms with van der Waals surface area (Å²) in [7, 11) is -4.18. The van der Waals surface area contributed by atoms with E-state index in [1.807, 2.05) is 0 Å². The minimum absolute atomic E-state index is 0.0667. The van der Waals surface area contributed by atoms with E-state index in [9.17, 15) is 26.4 Å². The third kappa shape index (κ3) is 4.04. The Bertz CT molecular complexity index is 938. The first-order valence-electron chi connectivity index (χ1n) is 10.9. The number of hydrogen-bond acceptors (Lipinski definition) is 5. The van der Waals surface area contributed by atoms with Crippen LogP contribution in [0.4, 0.5) is 18.9 Å². The van der Waals surface area contributed by atoms with Crippen molar-refractivity contribution in [3.05, 3.63) is 29.8 Å². The lowest BCUT2D eigenvalue weighted by Gasteiger charge is -2.42. The molecule has 3 fully saturated rings. The van der Waals surface area contributed by atoms with Gasteiger partial charge in [0.25, 0.3) is 5.91 Å². The van der Waals surface area contributed by atoms with E-state index in [0.717, 1.165) is 56.9 Å². The van der Waals surface area contributed by atoms with Gasteiger partial charge in [0.15, 0.2) is 0 Å². The molecule has 0 unspecified atom stereocenters. The number of nitrogens with zero attached hydrogens (tertiary/aromatic N) is 3. The number of ether oxygens (including phenoxy) is 1. The number of carbonyl (C=O) groups is 1. The van der Waals surface area contributed by atoms with Gasteiger partial charge >= 0.3 is 16.4 Å². The Balaban J connectivity index is 1.55. The van der Waals surface area contributed by atoms with Gasteiger partial charge in [-0.1, -0.05) is 6.92 Å². The number of benzene rings is 1. The third-order valence-electron chi connectivity index (χ3n) is 6.83. The fourth-order valence-corrected chi connectivity index (χ4v) is 7.08. The van der Waals surface area contributed by atoms with Crippen LogP contribution in [-0.2, 0) is 25.9 Å². The van der Waals surface area contributed by atoms with Crippen molar-refractivity contribution in [3.63, 3.8) is 0 Å². The van der Waals surface area contributed by atoms with Gasteiger partial charge in [0.2, 0.25) is 0 Å². The molecule has 4 rings (SSSR count). The highest BCUT2D eigenvalue weighted by Gasteiger charge is 2.61. The zero-order valence-electron chi connectivity index (χ0n) is 18.0. The molecule has 3 heterocycles. The lowest BCUT2D eigenvalue weighted by atomic mass is 9.85. The summed E-state index contributed by atoms with van der Waals surface area (Å²) in [6, 6.07) is 3.70. The number of anilines is 1. The Labute approximate surface area is 186 Å². The number of rotatable bonds is 4. The first-order valence-corrected chi connectivity index (χ1v) is 12.3. The van der Waals surface area contributed by atoms with Crippen LogP contribution in [0.1, 0.15) is 38.2 Å². The first kappa shape index (κ1) is 23.5. The predicted octanol–water partition coefficient (Wildman–Crippen LogP) is 2.88. The van der Waals surface area contributed by atoms with Crippen LogP contribution < -0.4 is 4.31 Å². The summed E-state index contributed by atoms with van der Waals surface area (Å²) in [5.41, 5.74) is -2.15. The second-order valence-electron chi connectivity index (χ2n) is 8.67. The van der Waals surface area contributed by atoms with E-state index in [1.165, 1.54) is 4.31 Å². The van der Waals surface area contributed by atoms with E-state index in [0.29, 0.717) is 36.2 Å². The normalized spacial score (nSPS) is 25.0. The summed E-state index contributed by atoms with van der Waals surface area (Å²) in [6.07, 6.45) is -1.83. The average molecular weight is 476 g/mol. The van der Waals surface area contributed by atoms with Crippen molar-refractivity contribution in [1.29, 1.82) is 0 Å². The Kier molecular flexibility index (Phi) is 6.30. The Hall–Kier alpha value is -1.69. The van der Waals surface area contributed by atoms with Crippen molar-refractivity contribution >= 4 is 21.8 Å². The summed E-state index contributed by atoms with van der Waals surface area (Å²) < 4.78 is 72.6. The molecule has 3 saturated heterocycles. The van der Waals surface area contributed by atoms with Gasteiger partial charge in [-0.25, -0.2) is 0 Å². The largest absolute Gasteiger partial charge is 0.416 e. The van der Waals surface area contributed by atoms with E-state index in [4.69, 9.17) is 4.74 Å². The van der Waals surface area contributed by atoms with Crippen LogP contribution in [-0.4, -0.2) is 68.5 Å². The number of amides is 1. The van der Waals surface area contributed by atoms with Crippen molar-refractivity contribution in [1.82, 2.24) is 9.21 Å². The number of likely N-dealkylation sites (N-methyl/N-ethyl adjacent to an activating group) is 1. The highest BCUT2D eigenvalue weighted by Crippen LogP contribution is 2.43. The van der Waals surface area contributed by atoms with Crippen LogP contribution in [0.2, 0.25) is 0 Å². The van der Waals surface area contributed by atoms with Crippen molar-refractivity contribution < 1.29 is 31.1 Å². The molecule has 0 radical (unpaired) electrons. The van der Waals surface area contributed by atoms with E-state index < -0.39 is 33.4 Å². The van der Waals surface area contributed by atoms with E-state index >= 15 is 0 Å². The number of piperidine rings is 1. The molecule has 3 aliphatic rings. The maximum Gasteiger partial charge on any atom is 0.416 e. The van der Waals surface area contributed by atoms with Crippen molar-refractivity contribution in [2.75, 3.05) is 43.7 Å². The maximum atomic E-state index is 13.5. The summed E-state index contributed by atoms with van der Waals surface area (Å²) in [6.45, 7) is 5.39. The Morgan fingerprint density at radius 3 is 2.22 bits per heavy atom. The number of alkyl halides is 3. The van der Waals surface area contributed by atoms with Crippen LogP contribution in [0.25, 0.3) is 0 Å². The lowest BCUT2D eigenvalue weighted by Crippen LogP contribution is -2.57.